The molecular weight excluding hydrogens is 403 g/mol. The highest BCUT2D eigenvalue weighted by atomic mass is 28.5. The summed E-state index contributed by atoms with van der Waals surface area (Å²) in [7, 11) is -6.89. The van der Waals surface area contributed by atoms with E-state index in [9.17, 15) is 0 Å². The van der Waals surface area contributed by atoms with Crippen molar-refractivity contribution in [3.05, 3.63) is 0 Å². The van der Waals surface area contributed by atoms with Crippen LogP contribution in [-0.2, 0) is 8.23 Å². The van der Waals surface area contributed by atoms with Crippen molar-refractivity contribution in [2.75, 3.05) is 6.54 Å². The van der Waals surface area contributed by atoms with Crippen LogP contribution in [0.5, 0.6) is 0 Å². The Balaban J connectivity index is 5.05. The molecule has 1 radical (unpaired) electrons. The minimum Gasteiger partial charge on any atom is -0.437 e. The maximum absolute atomic E-state index is 6.88. The topological polar surface area (TPSA) is 21.7 Å². The number of hydrogen-bond donors (Lipinski definition) is 0. The highest BCUT2D eigenvalue weighted by Crippen LogP contribution is 2.29. The molecule has 0 spiro atoms. The van der Waals surface area contributed by atoms with Crippen LogP contribution in [0.1, 0.15) is 26.2 Å². The quantitative estimate of drug-likeness (QED) is 0.291. The highest BCUT2D eigenvalue weighted by Gasteiger charge is 2.39. The number of hydrogen-bond acceptors (Lipinski definition) is 3. The molecule has 0 fully saturated rings. The van der Waals surface area contributed by atoms with Gasteiger partial charge in [0.05, 0.1) is 0 Å². The van der Waals surface area contributed by atoms with E-state index >= 15 is 0 Å². The van der Waals surface area contributed by atoms with Gasteiger partial charge in [-0.05, 0) is 57.8 Å². The molecule has 0 rings (SSSR count). The predicted molar refractivity (Wildman–Crippen MR) is 131 cm³/mol. The third-order valence-electron chi connectivity index (χ3n) is 4.71. The van der Waals surface area contributed by atoms with E-state index in [1.165, 1.54) is 37.9 Å². The molecular formula is C18H48NO2Si5. The van der Waals surface area contributed by atoms with Crippen molar-refractivity contribution in [3.8, 4) is 0 Å². The van der Waals surface area contributed by atoms with Crippen LogP contribution in [0.4, 0.5) is 0 Å². The third-order valence-corrected chi connectivity index (χ3v) is 22.8. The van der Waals surface area contributed by atoms with Gasteiger partial charge in [-0.1, -0.05) is 59.0 Å². The molecule has 0 aromatic carbocycles. The van der Waals surface area contributed by atoms with Gasteiger partial charge in [0.2, 0.25) is 0 Å². The van der Waals surface area contributed by atoms with Gasteiger partial charge in [-0.25, -0.2) is 0 Å². The predicted octanol–water partition coefficient (Wildman–Crippen LogP) is 6.71. The van der Waals surface area contributed by atoms with Gasteiger partial charge in [0.15, 0.2) is 17.4 Å². The van der Waals surface area contributed by atoms with Gasteiger partial charge in [-0.15, -0.1) is 0 Å². The standard InChI is InChI=1S/C18H48NO2Si5/c1-13-14-17-26(12,21-25(10,11)20-22(2)3)18-15-16-19(23(4,5)6)24(7,8)9/h13-18H2,1-12H3. The van der Waals surface area contributed by atoms with Crippen molar-refractivity contribution >= 4 is 42.4 Å². The summed E-state index contributed by atoms with van der Waals surface area (Å²) < 4.78 is 16.1. The second-order valence-corrected chi connectivity index (χ2v) is 31.0. The number of unbranched alkanes of at least 4 members (excludes halogenated alkanes) is 1. The zero-order chi connectivity index (χ0) is 20.8. The van der Waals surface area contributed by atoms with Crippen LogP contribution >= 0.6 is 0 Å². The second kappa shape index (κ2) is 10.7. The van der Waals surface area contributed by atoms with Gasteiger partial charge < -0.3 is 12.5 Å². The van der Waals surface area contributed by atoms with E-state index in [1.54, 1.807) is 0 Å². The minimum absolute atomic E-state index is 0.693. The zero-order valence-electron chi connectivity index (χ0n) is 20.0. The first-order valence-corrected chi connectivity index (χ1v) is 25.4. The lowest BCUT2D eigenvalue weighted by atomic mass is 10.4. The fourth-order valence-corrected chi connectivity index (χ4v) is 26.2. The van der Waals surface area contributed by atoms with Crippen LogP contribution < -0.4 is 0 Å². The molecule has 1 atom stereocenters. The molecule has 0 aliphatic rings. The lowest BCUT2D eigenvalue weighted by Crippen LogP contribution is -2.59. The van der Waals surface area contributed by atoms with Gasteiger partial charge in [-0.2, -0.15) is 0 Å². The van der Waals surface area contributed by atoms with E-state index in [4.69, 9.17) is 8.23 Å². The van der Waals surface area contributed by atoms with Crippen molar-refractivity contribution < 1.29 is 8.23 Å². The fraction of sp³-hybridized carbons (Fsp3) is 1.00. The average Bonchev–Trinajstić information content (AvgIpc) is 2.36. The molecule has 0 heterocycles. The first-order valence-electron chi connectivity index (χ1n) is 10.5. The van der Waals surface area contributed by atoms with Crippen molar-refractivity contribution in [2.24, 2.45) is 0 Å². The summed E-state index contributed by atoms with van der Waals surface area (Å²) in [6.07, 6.45) is 3.86. The second-order valence-electron chi connectivity index (χ2n) is 10.7. The molecule has 157 valence electrons. The van der Waals surface area contributed by atoms with Crippen molar-refractivity contribution in [1.82, 2.24) is 4.23 Å². The van der Waals surface area contributed by atoms with E-state index in [0.29, 0.717) is 0 Å². The Morgan fingerprint density at radius 3 is 1.62 bits per heavy atom. The number of nitrogens with zero attached hydrogens (tertiary/aromatic N) is 1. The Labute approximate surface area is 171 Å². The third kappa shape index (κ3) is 11.1. The highest BCUT2D eigenvalue weighted by molar-refractivity contribution is 6.89. The summed E-state index contributed by atoms with van der Waals surface area (Å²) in [4.78, 5) is 0. The smallest absolute Gasteiger partial charge is 0.311 e. The van der Waals surface area contributed by atoms with Crippen LogP contribution in [-0.4, -0.2) is 53.2 Å². The van der Waals surface area contributed by atoms with Gasteiger partial charge in [-0.3, -0.25) is 0 Å². The van der Waals surface area contributed by atoms with Crippen LogP contribution in [0.15, 0.2) is 0 Å². The van der Waals surface area contributed by atoms with E-state index in [2.05, 4.69) is 83.2 Å². The molecule has 1 unspecified atom stereocenters. The van der Waals surface area contributed by atoms with Crippen LogP contribution in [0.3, 0.4) is 0 Å². The molecule has 0 aliphatic heterocycles. The Bertz CT molecular complexity index is 393. The molecule has 0 aliphatic carbocycles. The van der Waals surface area contributed by atoms with E-state index < -0.39 is 42.4 Å². The number of rotatable bonds is 13. The fourth-order valence-electron chi connectivity index (χ4n) is 4.17. The lowest BCUT2D eigenvalue weighted by Gasteiger charge is -2.44. The SMILES string of the molecule is CCCC[Si](C)(CCCN([Si](C)(C)C)[Si](C)(C)C)O[Si](C)(C)O[Si](C)C. The Kier molecular flexibility index (Phi) is 11.1. The summed E-state index contributed by atoms with van der Waals surface area (Å²) in [5, 5.41) is 0. The monoisotopic (exact) mass is 450 g/mol. The molecule has 0 saturated carbocycles. The van der Waals surface area contributed by atoms with E-state index in [-0.39, 0.29) is 0 Å². The van der Waals surface area contributed by atoms with Crippen molar-refractivity contribution in [3.63, 3.8) is 0 Å². The van der Waals surface area contributed by atoms with Crippen LogP contribution in [0.25, 0.3) is 0 Å². The molecule has 8 heteroatoms. The Hall–Kier alpha value is 0.964. The summed E-state index contributed by atoms with van der Waals surface area (Å²) in [5.74, 6) is 0. The van der Waals surface area contributed by atoms with E-state index in [1.807, 2.05) is 0 Å². The molecule has 0 aromatic rings. The molecule has 0 amide bonds. The Morgan fingerprint density at radius 1 is 0.769 bits per heavy atom. The molecule has 3 nitrogen and oxygen atoms in total. The van der Waals surface area contributed by atoms with Crippen LogP contribution in [0, 0.1) is 0 Å². The van der Waals surface area contributed by atoms with Gasteiger partial charge >= 0.3 is 8.56 Å². The normalized spacial score (nSPS) is 16.4. The first-order chi connectivity index (χ1) is 11.5. The average molecular weight is 451 g/mol. The lowest BCUT2D eigenvalue weighted by molar-refractivity contribution is 0.393. The summed E-state index contributed by atoms with van der Waals surface area (Å²) in [6, 6.07) is 2.58. The van der Waals surface area contributed by atoms with Gasteiger partial charge in [0.25, 0.3) is 0 Å². The first kappa shape index (κ1) is 27.0. The molecule has 0 aromatic heterocycles. The van der Waals surface area contributed by atoms with Gasteiger partial charge in [0.1, 0.15) is 16.5 Å². The van der Waals surface area contributed by atoms with E-state index in [0.717, 1.165) is 0 Å². The van der Waals surface area contributed by atoms with Crippen molar-refractivity contribution in [1.29, 1.82) is 0 Å². The van der Waals surface area contributed by atoms with Crippen molar-refractivity contribution in [2.45, 2.75) is 110 Å². The molecule has 0 N–H and O–H groups in total. The maximum atomic E-state index is 6.88. The van der Waals surface area contributed by atoms with Gasteiger partial charge in [0, 0.05) is 0 Å². The minimum atomic E-state index is -1.99. The van der Waals surface area contributed by atoms with Crippen LogP contribution in [0.2, 0.25) is 84.1 Å². The summed E-state index contributed by atoms with van der Waals surface area (Å²) in [6.45, 7) is 30.1. The largest absolute Gasteiger partial charge is 0.437 e. The summed E-state index contributed by atoms with van der Waals surface area (Å²) in [5.41, 5.74) is 0. The molecule has 0 saturated heterocycles. The molecule has 0 bridgehead atoms. The Morgan fingerprint density at radius 2 is 1.23 bits per heavy atom. The maximum Gasteiger partial charge on any atom is 0.311 e. The summed E-state index contributed by atoms with van der Waals surface area (Å²) >= 11 is 0. The molecule has 26 heavy (non-hydrogen) atoms. The zero-order valence-corrected chi connectivity index (χ0v) is 25.0.